The Morgan fingerprint density at radius 2 is 1.88 bits per heavy atom. The molecule has 2 aliphatic heterocycles. The van der Waals surface area contributed by atoms with Crippen molar-refractivity contribution in [2.75, 3.05) is 46.6 Å². The van der Waals surface area contributed by atoms with Crippen molar-refractivity contribution >= 4 is 28.3 Å². The van der Waals surface area contributed by atoms with Crippen LogP contribution in [0.15, 0.2) is 53.2 Å². The van der Waals surface area contributed by atoms with Gasteiger partial charge in [0, 0.05) is 47.1 Å². The van der Waals surface area contributed by atoms with Crippen molar-refractivity contribution < 1.29 is 28.3 Å². The highest BCUT2D eigenvalue weighted by Gasteiger charge is 2.40. The lowest BCUT2D eigenvalue weighted by Gasteiger charge is -2.47. The number of pyridine rings is 1. The van der Waals surface area contributed by atoms with Crippen LogP contribution in [0.25, 0.3) is 10.9 Å². The van der Waals surface area contributed by atoms with E-state index >= 15 is 0 Å². The first-order valence-electron chi connectivity index (χ1n) is 14.7. The summed E-state index contributed by atoms with van der Waals surface area (Å²) in [5.74, 6) is 3.10. The number of Topliss-reactive ketones (excluding diaryl/α,β-unsaturated/α-hetero) is 1. The minimum atomic E-state index is -0.00184. The molecule has 2 aromatic carbocycles. The lowest BCUT2D eigenvalue weighted by Crippen LogP contribution is -2.51. The number of ketones is 1. The number of carbonyl (C=O) groups excluding carboxylic acids is 1. The average molecular weight is 606 g/mol. The molecule has 9 nitrogen and oxygen atoms in total. The predicted octanol–water partition coefficient (Wildman–Crippen LogP) is 6.22. The van der Waals surface area contributed by atoms with Crippen LogP contribution in [-0.2, 0) is 22.4 Å². The predicted molar refractivity (Wildman–Crippen MR) is 163 cm³/mol. The van der Waals surface area contributed by atoms with Crippen molar-refractivity contribution in [1.82, 2.24) is 15.0 Å². The molecular weight excluding hydrogens is 570 g/mol. The summed E-state index contributed by atoms with van der Waals surface area (Å²) < 4.78 is 28.5. The Bertz CT molecular complexity index is 1590. The van der Waals surface area contributed by atoms with Crippen molar-refractivity contribution in [2.24, 2.45) is 5.41 Å². The Labute approximate surface area is 256 Å². The highest BCUT2D eigenvalue weighted by Crippen LogP contribution is 2.39. The summed E-state index contributed by atoms with van der Waals surface area (Å²) >= 11 is 6.54. The molecule has 2 aliphatic rings. The van der Waals surface area contributed by atoms with Gasteiger partial charge < -0.3 is 28.4 Å². The van der Waals surface area contributed by atoms with E-state index in [1.165, 1.54) is 12.8 Å². The highest BCUT2D eigenvalue weighted by molar-refractivity contribution is 6.31. The number of piperidine rings is 1. The minimum Gasteiger partial charge on any atom is -0.493 e. The summed E-state index contributed by atoms with van der Waals surface area (Å²) in [5, 5.41) is 5.13. The van der Waals surface area contributed by atoms with Gasteiger partial charge in [0.05, 0.1) is 44.6 Å². The molecule has 2 fully saturated rings. The molecule has 226 valence electrons. The average Bonchev–Trinajstić information content (AvgIpc) is 3.40. The molecule has 0 unspecified atom stereocenters. The van der Waals surface area contributed by atoms with E-state index in [2.05, 4.69) is 15.0 Å². The third kappa shape index (κ3) is 6.95. The molecule has 0 radical (unpaired) electrons. The quantitative estimate of drug-likeness (QED) is 0.174. The lowest BCUT2D eigenvalue weighted by atomic mass is 9.77. The molecule has 4 aromatic rings. The van der Waals surface area contributed by atoms with Crippen LogP contribution >= 0.6 is 11.6 Å². The molecule has 6 rings (SSSR count). The normalized spacial score (nSPS) is 16.3. The number of halogens is 1. The van der Waals surface area contributed by atoms with Crippen molar-refractivity contribution in [2.45, 2.75) is 39.0 Å². The van der Waals surface area contributed by atoms with Gasteiger partial charge in [-0.05, 0) is 69.1 Å². The van der Waals surface area contributed by atoms with Gasteiger partial charge in [0.25, 0.3) is 0 Å². The van der Waals surface area contributed by atoms with Gasteiger partial charge in [0.1, 0.15) is 23.0 Å². The van der Waals surface area contributed by atoms with E-state index in [0.717, 1.165) is 55.7 Å². The van der Waals surface area contributed by atoms with E-state index in [4.69, 9.17) is 35.1 Å². The van der Waals surface area contributed by atoms with Crippen molar-refractivity contribution in [3.05, 3.63) is 70.7 Å². The van der Waals surface area contributed by atoms with Crippen LogP contribution in [0.3, 0.4) is 0 Å². The highest BCUT2D eigenvalue weighted by atomic mass is 35.5. The standard InChI is InChI=1S/C33H36ClN3O6/c1-22-14-24(36-43-22)16-25(38)15-23-4-5-26(17-28(23)34)42-30-6-9-35-29-19-32(31(39-2)18-27(29)30)41-13-3-10-37-11-7-33(8-12-37)20-40-21-33/h4-6,9,14,17-19H,3,7-8,10-13,15-16,20-21H2,1-2H3. The number of methoxy groups -OCH3 is 1. The van der Waals surface area contributed by atoms with Crippen LogP contribution < -0.4 is 14.2 Å². The number of hydrogen-bond donors (Lipinski definition) is 0. The lowest BCUT2D eigenvalue weighted by molar-refractivity contribution is -0.139. The van der Waals surface area contributed by atoms with Crippen LogP contribution in [0.2, 0.25) is 5.02 Å². The zero-order valence-corrected chi connectivity index (χ0v) is 25.3. The van der Waals surface area contributed by atoms with E-state index in [0.29, 0.717) is 51.5 Å². The molecule has 0 aliphatic carbocycles. The number of ether oxygens (including phenoxy) is 4. The third-order valence-corrected chi connectivity index (χ3v) is 8.64. The van der Waals surface area contributed by atoms with E-state index in [-0.39, 0.29) is 18.6 Å². The maximum absolute atomic E-state index is 12.5. The van der Waals surface area contributed by atoms with Crippen molar-refractivity contribution in [1.29, 1.82) is 0 Å². The zero-order valence-electron chi connectivity index (χ0n) is 24.6. The molecule has 10 heteroatoms. The van der Waals surface area contributed by atoms with Gasteiger partial charge in [-0.2, -0.15) is 0 Å². The van der Waals surface area contributed by atoms with Crippen LogP contribution in [0, 0.1) is 12.3 Å². The maximum atomic E-state index is 12.5. The van der Waals surface area contributed by atoms with E-state index in [1.54, 1.807) is 44.5 Å². The summed E-state index contributed by atoms with van der Waals surface area (Å²) in [7, 11) is 1.63. The summed E-state index contributed by atoms with van der Waals surface area (Å²) in [6.07, 6.45) is 5.47. The summed E-state index contributed by atoms with van der Waals surface area (Å²) in [5.41, 5.74) is 2.52. The number of aromatic nitrogens is 2. The minimum absolute atomic E-state index is 0.00184. The molecular formula is C33H36ClN3O6. The zero-order chi connectivity index (χ0) is 29.8. The fourth-order valence-electron chi connectivity index (χ4n) is 5.73. The fraction of sp³-hybridized carbons (Fsp3) is 0.424. The Kier molecular flexibility index (Phi) is 8.83. The van der Waals surface area contributed by atoms with Gasteiger partial charge in [0.2, 0.25) is 0 Å². The first-order valence-corrected chi connectivity index (χ1v) is 15.1. The molecule has 2 aromatic heterocycles. The first kappa shape index (κ1) is 29.4. The molecule has 0 N–H and O–H groups in total. The number of benzene rings is 2. The number of rotatable bonds is 12. The molecule has 1 spiro atoms. The second-order valence-corrected chi connectivity index (χ2v) is 11.9. The molecule has 4 heterocycles. The number of carbonyl (C=O) groups is 1. The van der Waals surface area contributed by atoms with Crippen LogP contribution in [0.1, 0.15) is 36.3 Å². The Morgan fingerprint density at radius 1 is 1.05 bits per heavy atom. The summed E-state index contributed by atoms with van der Waals surface area (Å²) in [6.45, 7) is 7.52. The molecule has 2 saturated heterocycles. The molecule has 43 heavy (non-hydrogen) atoms. The van der Waals surface area contributed by atoms with Crippen LogP contribution in [0.4, 0.5) is 0 Å². The van der Waals surface area contributed by atoms with Crippen LogP contribution in [-0.4, -0.2) is 67.4 Å². The number of aryl methyl sites for hydroxylation is 1. The summed E-state index contributed by atoms with van der Waals surface area (Å²) in [6, 6.07) is 12.7. The van der Waals surface area contributed by atoms with Gasteiger partial charge in [-0.15, -0.1) is 0 Å². The molecule has 0 amide bonds. The van der Waals surface area contributed by atoms with Crippen molar-refractivity contribution in [3.8, 4) is 23.0 Å². The summed E-state index contributed by atoms with van der Waals surface area (Å²) in [4.78, 5) is 19.6. The Morgan fingerprint density at radius 3 is 2.58 bits per heavy atom. The van der Waals surface area contributed by atoms with Gasteiger partial charge in [-0.1, -0.05) is 22.8 Å². The fourth-order valence-corrected chi connectivity index (χ4v) is 5.97. The number of hydrogen-bond acceptors (Lipinski definition) is 9. The van der Waals surface area contributed by atoms with Crippen molar-refractivity contribution in [3.63, 3.8) is 0 Å². The van der Waals surface area contributed by atoms with E-state index in [1.807, 2.05) is 18.2 Å². The number of nitrogens with zero attached hydrogens (tertiary/aromatic N) is 3. The second-order valence-electron chi connectivity index (χ2n) is 11.5. The molecule has 0 saturated carbocycles. The smallest absolute Gasteiger partial charge is 0.163 e. The molecule has 0 bridgehead atoms. The topological polar surface area (TPSA) is 96.2 Å². The third-order valence-electron chi connectivity index (χ3n) is 8.29. The number of likely N-dealkylation sites (tertiary alicyclic amines) is 1. The molecule has 0 atom stereocenters. The maximum Gasteiger partial charge on any atom is 0.163 e. The van der Waals surface area contributed by atoms with Crippen LogP contribution in [0.5, 0.6) is 23.0 Å². The SMILES string of the molecule is COc1cc2c(Oc3ccc(CC(=O)Cc4cc(C)on4)c(Cl)c3)ccnc2cc1OCCCN1CCC2(CC1)COC2. The van der Waals surface area contributed by atoms with Gasteiger partial charge in [-0.3, -0.25) is 9.78 Å². The Balaban J connectivity index is 1.07. The largest absolute Gasteiger partial charge is 0.493 e. The first-order chi connectivity index (χ1) is 20.9. The number of fused-ring (bicyclic) bond motifs is 1. The van der Waals surface area contributed by atoms with E-state index < -0.39 is 0 Å². The van der Waals surface area contributed by atoms with Gasteiger partial charge in [-0.25, -0.2) is 0 Å². The monoisotopic (exact) mass is 605 g/mol. The Hall–Kier alpha value is -3.66. The van der Waals surface area contributed by atoms with Gasteiger partial charge in [0.15, 0.2) is 11.5 Å². The second kappa shape index (κ2) is 12.9. The van der Waals surface area contributed by atoms with E-state index in [9.17, 15) is 4.79 Å². The van der Waals surface area contributed by atoms with Gasteiger partial charge >= 0.3 is 0 Å².